The molecule has 1 heterocycles. The van der Waals surface area contributed by atoms with E-state index in [1.165, 1.54) is 0 Å². The number of hydrogen-bond donors (Lipinski definition) is 0. The zero-order valence-electron chi connectivity index (χ0n) is 6.36. The molecule has 1 atom stereocenters. The summed E-state index contributed by atoms with van der Waals surface area (Å²) in [4.78, 5) is 0. The smallest absolute Gasteiger partial charge is 0.0835 e. The standard InChI is InChI=1S/C8H10Cl2O/c1-5(2)6-3-11-4-7(9)8(6)10/h6H,1,3-4H2,2H3. The van der Waals surface area contributed by atoms with E-state index in [1.807, 2.05) is 6.92 Å². The summed E-state index contributed by atoms with van der Waals surface area (Å²) in [6.45, 7) is 6.77. The van der Waals surface area contributed by atoms with Gasteiger partial charge in [-0.2, -0.15) is 0 Å². The number of rotatable bonds is 1. The van der Waals surface area contributed by atoms with Gasteiger partial charge in [-0.15, -0.1) is 0 Å². The highest BCUT2D eigenvalue weighted by Crippen LogP contribution is 2.31. The Hall–Kier alpha value is 0.0200. The molecule has 0 radical (unpaired) electrons. The lowest BCUT2D eigenvalue weighted by Gasteiger charge is -2.22. The molecule has 1 aliphatic rings. The van der Waals surface area contributed by atoms with Gasteiger partial charge < -0.3 is 4.74 Å². The van der Waals surface area contributed by atoms with Crippen molar-refractivity contribution in [1.82, 2.24) is 0 Å². The zero-order chi connectivity index (χ0) is 8.43. The lowest BCUT2D eigenvalue weighted by atomic mass is 10.0. The van der Waals surface area contributed by atoms with Crippen molar-refractivity contribution in [3.63, 3.8) is 0 Å². The van der Waals surface area contributed by atoms with E-state index in [4.69, 9.17) is 27.9 Å². The molecule has 0 spiro atoms. The normalized spacial score (nSPS) is 25.5. The summed E-state index contributed by atoms with van der Waals surface area (Å²) in [6.07, 6.45) is 0. The molecule has 62 valence electrons. The van der Waals surface area contributed by atoms with Crippen LogP contribution >= 0.6 is 23.2 Å². The molecule has 1 aliphatic heterocycles. The highest BCUT2D eigenvalue weighted by molar-refractivity contribution is 6.39. The van der Waals surface area contributed by atoms with Gasteiger partial charge in [-0.3, -0.25) is 0 Å². The third kappa shape index (κ3) is 1.98. The molecule has 0 fully saturated rings. The monoisotopic (exact) mass is 192 g/mol. The van der Waals surface area contributed by atoms with Crippen molar-refractivity contribution in [1.29, 1.82) is 0 Å². The summed E-state index contributed by atoms with van der Waals surface area (Å²) in [5.74, 6) is 0.0953. The van der Waals surface area contributed by atoms with Gasteiger partial charge >= 0.3 is 0 Å². The SMILES string of the molecule is C=C(C)C1COCC(Cl)=C1Cl. The van der Waals surface area contributed by atoms with E-state index in [0.29, 0.717) is 23.3 Å². The Labute approximate surface area is 76.6 Å². The Morgan fingerprint density at radius 1 is 1.64 bits per heavy atom. The molecule has 1 nitrogen and oxygen atoms in total. The molecule has 0 saturated carbocycles. The van der Waals surface area contributed by atoms with Gasteiger partial charge in [-0.1, -0.05) is 35.4 Å². The van der Waals surface area contributed by atoms with Gasteiger partial charge in [0, 0.05) is 11.0 Å². The molecule has 0 aromatic rings. The maximum absolute atomic E-state index is 5.93. The van der Waals surface area contributed by atoms with E-state index in [1.54, 1.807) is 0 Å². The molecule has 0 aromatic carbocycles. The van der Waals surface area contributed by atoms with Crippen molar-refractivity contribution in [2.75, 3.05) is 13.2 Å². The number of hydrogen-bond acceptors (Lipinski definition) is 1. The second-order valence-corrected chi connectivity index (χ2v) is 3.53. The van der Waals surface area contributed by atoms with E-state index in [0.717, 1.165) is 5.57 Å². The molecule has 0 saturated heterocycles. The average molecular weight is 193 g/mol. The van der Waals surface area contributed by atoms with E-state index < -0.39 is 0 Å². The van der Waals surface area contributed by atoms with E-state index in [-0.39, 0.29) is 5.92 Å². The summed E-state index contributed by atoms with van der Waals surface area (Å²) in [5, 5.41) is 1.29. The highest BCUT2D eigenvalue weighted by atomic mass is 35.5. The van der Waals surface area contributed by atoms with Gasteiger partial charge in [0.15, 0.2) is 0 Å². The van der Waals surface area contributed by atoms with Crippen LogP contribution in [0.25, 0.3) is 0 Å². The fourth-order valence-corrected chi connectivity index (χ4v) is 1.47. The lowest BCUT2D eigenvalue weighted by molar-refractivity contribution is 0.131. The lowest BCUT2D eigenvalue weighted by Crippen LogP contribution is -2.18. The second kappa shape index (κ2) is 3.61. The first-order chi connectivity index (χ1) is 5.13. The van der Waals surface area contributed by atoms with Gasteiger partial charge in [-0.05, 0) is 6.92 Å². The minimum atomic E-state index is 0.0953. The van der Waals surface area contributed by atoms with Crippen molar-refractivity contribution < 1.29 is 4.74 Å². The van der Waals surface area contributed by atoms with Crippen molar-refractivity contribution in [3.05, 3.63) is 22.2 Å². The molecule has 0 aromatic heterocycles. The van der Waals surface area contributed by atoms with Crippen molar-refractivity contribution in [3.8, 4) is 0 Å². The summed E-state index contributed by atoms with van der Waals surface area (Å²) < 4.78 is 5.19. The minimum Gasteiger partial charge on any atom is -0.375 e. The summed E-state index contributed by atoms with van der Waals surface area (Å²) >= 11 is 11.7. The predicted molar refractivity (Wildman–Crippen MR) is 47.9 cm³/mol. The highest BCUT2D eigenvalue weighted by Gasteiger charge is 2.21. The Kier molecular flexibility index (Phi) is 2.99. The summed E-state index contributed by atoms with van der Waals surface area (Å²) in [7, 11) is 0. The van der Waals surface area contributed by atoms with Crippen molar-refractivity contribution in [2.45, 2.75) is 6.92 Å². The van der Waals surface area contributed by atoms with Crippen LogP contribution in [-0.2, 0) is 4.74 Å². The Bertz CT molecular complexity index is 208. The first kappa shape index (κ1) is 9.11. The van der Waals surface area contributed by atoms with Gasteiger partial charge in [0.2, 0.25) is 0 Å². The summed E-state index contributed by atoms with van der Waals surface area (Å²) in [5.41, 5.74) is 0.993. The van der Waals surface area contributed by atoms with E-state index in [2.05, 4.69) is 6.58 Å². The Morgan fingerprint density at radius 3 is 2.73 bits per heavy atom. The van der Waals surface area contributed by atoms with E-state index in [9.17, 15) is 0 Å². The molecule has 0 N–H and O–H groups in total. The molecule has 11 heavy (non-hydrogen) atoms. The fourth-order valence-electron chi connectivity index (χ4n) is 0.956. The third-order valence-corrected chi connectivity index (χ3v) is 2.57. The maximum atomic E-state index is 5.93. The Morgan fingerprint density at radius 2 is 2.27 bits per heavy atom. The zero-order valence-corrected chi connectivity index (χ0v) is 7.87. The summed E-state index contributed by atoms with van der Waals surface area (Å²) in [6, 6.07) is 0. The molecular formula is C8H10Cl2O. The number of halogens is 2. The van der Waals surface area contributed by atoms with Gasteiger partial charge in [0.05, 0.1) is 18.2 Å². The van der Waals surface area contributed by atoms with Crippen LogP contribution in [0.15, 0.2) is 22.2 Å². The fraction of sp³-hybridized carbons (Fsp3) is 0.500. The van der Waals surface area contributed by atoms with Crippen LogP contribution < -0.4 is 0 Å². The van der Waals surface area contributed by atoms with Crippen LogP contribution in [0.5, 0.6) is 0 Å². The first-order valence-corrected chi connectivity index (χ1v) is 4.15. The topological polar surface area (TPSA) is 9.23 Å². The minimum absolute atomic E-state index is 0.0953. The number of ether oxygens (including phenoxy) is 1. The molecule has 1 unspecified atom stereocenters. The van der Waals surface area contributed by atoms with Gasteiger partial charge in [0.25, 0.3) is 0 Å². The quantitative estimate of drug-likeness (QED) is 0.581. The van der Waals surface area contributed by atoms with Crippen LogP contribution in [0.3, 0.4) is 0 Å². The van der Waals surface area contributed by atoms with Crippen molar-refractivity contribution >= 4 is 23.2 Å². The molecular weight excluding hydrogens is 183 g/mol. The second-order valence-electron chi connectivity index (χ2n) is 2.67. The van der Waals surface area contributed by atoms with Crippen LogP contribution in [0.4, 0.5) is 0 Å². The molecule has 0 bridgehead atoms. The van der Waals surface area contributed by atoms with Gasteiger partial charge in [-0.25, -0.2) is 0 Å². The Balaban J connectivity index is 2.82. The van der Waals surface area contributed by atoms with Crippen LogP contribution in [-0.4, -0.2) is 13.2 Å². The molecule has 0 amide bonds. The predicted octanol–water partition coefficient (Wildman–Crippen LogP) is 2.90. The first-order valence-electron chi connectivity index (χ1n) is 3.40. The molecule has 3 heteroatoms. The van der Waals surface area contributed by atoms with Gasteiger partial charge in [0.1, 0.15) is 0 Å². The van der Waals surface area contributed by atoms with E-state index >= 15 is 0 Å². The molecule has 1 rings (SSSR count). The third-order valence-electron chi connectivity index (χ3n) is 1.67. The maximum Gasteiger partial charge on any atom is 0.0835 e. The average Bonchev–Trinajstić information content (AvgIpc) is 1.94. The van der Waals surface area contributed by atoms with Crippen LogP contribution in [0.2, 0.25) is 0 Å². The van der Waals surface area contributed by atoms with Crippen molar-refractivity contribution in [2.24, 2.45) is 5.92 Å². The molecule has 0 aliphatic carbocycles. The van der Waals surface area contributed by atoms with Crippen LogP contribution in [0, 0.1) is 5.92 Å². The largest absolute Gasteiger partial charge is 0.375 e. The van der Waals surface area contributed by atoms with Crippen LogP contribution in [0.1, 0.15) is 6.92 Å².